The van der Waals surface area contributed by atoms with Crippen LogP contribution in [0.15, 0.2) is 28.7 Å². The van der Waals surface area contributed by atoms with E-state index in [1.807, 2.05) is 12.1 Å². The summed E-state index contributed by atoms with van der Waals surface area (Å²) >= 11 is 20.9. The fraction of sp³-hybridized carbons (Fsp3) is 0.133. The number of rotatable bonds is 4. The largest absolute Gasteiger partial charge is 0.309 e. The number of benzene rings is 1. The average Bonchev–Trinajstić information content (AvgIpc) is 2.95. The van der Waals surface area contributed by atoms with Crippen LogP contribution in [-0.4, -0.2) is 21.6 Å². The van der Waals surface area contributed by atoms with Crippen molar-refractivity contribution in [2.75, 3.05) is 11.1 Å². The van der Waals surface area contributed by atoms with Crippen LogP contribution in [0.2, 0.25) is 15.1 Å². The van der Waals surface area contributed by atoms with E-state index in [0.29, 0.717) is 26.4 Å². The average molecular weight is 419 g/mol. The lowest BCUT2D eigenvalue weighted by Crippen LogP contribution is -2.15. The van der Waals surface area contributed by atoms with Crippen LogP contribution in [0.4, 0.5) is 5.82 Å². The van der Waals surface area contributed by atoms with E-state index in [4.69, 9.17) is 34.8 Å². The predicted octanol–water partition coefficient (Wildman–Crippen LogP) is 5.69. The number of nitrogens with zero attached hydrogens (tertiary/aromatic N) is 2. The molecule has 124 valence electrons. The number of carbonyl (C=O) groups excluding carboxylic acids is 1. The minimum atomic E-state index is -0.214. The summed E-state index contributed by atoms with van der Waals surface area (Å²) in [4.78, 5) is 20.6. The molecule has 24 heavy (non-hydrogen) atoms. The minimum Gasteiger partial charge on any atom is -0.309 e. The predicted molar refractivity (Wildman–Crippen MR) is 103 cm³/mol. The SMILES string of the molecule is Cc1c(Cl)cnc(NC(=O)CSc2nc3cc(Cl)ccc3s2)c1Cl. The van der Waals surface area contributed by atoms with E-state index in [1.54, 1.807) is 13.0 Å². The summed E-state index contributed by atoms with van der Waals surface area (Å²) in [7, 11) is 0. The van der Waals surface area contributed by atoms with Gasteiger partial charge >= 0.3 is 0 Å². The van der Waals surface area contributed by atoms with Gasteiger partial charge in [-0.15, -0.1) is 11.3 Å². The number of fused-ring (bicyclic) bond motifs is 1. The molecule has 0 saturated heterocycles. The summed E-state index contributed by atoms with van der Waals surface area (Å²) < 4.78 is 1.83. The Hall–Kier alpha value is -1.05. The molecular formula is C15H10Cl3N3OS2. The molecule has 0 bridgehead atoms. The van der Waals surface area contributed by atoms with Crippen molar-refractivity contribution in [1.82, 2.24) is 9.97 Å². The van der Waals surface area contributed by atoms with Crippen LogP contribution in [0.1, 0.15) is 5.56 Å². The molecule has 0 fully saturated rings. The van der Waals surface area contributed by atoms with E-state index in [1.165, 1.54) is 29.3 Å². The fourth-order valence-corrected chi connectivity index (χ4v) is 4.29. The molecular weight excluding hydrogens is 409 g/mol. The summed E-state index contributed by atoms with van der Waals surface area (Å²) in [6, 6.07) is 5.54. The van der Waals surface area contributed by atoms with Crippen LogP contribution < -0.4 is 5.32 Å². The summed E-state index contributed by atoms with van der Waals surface area (Å²) in [5.41, 5.74) is 1.51. The van der Waals surface area contributed by atoms with Crippen molar-refractivity contribution in [3.05, 3.63) is 45.0 Å². The van der Waals surface area contributed by atoms with Gasteiger partial charge in [0.05, 0.1) is 26.0 Å². The first-order valence-corrected chi connectivity index (χ1v) is 9.67. The summed E-state index contributed by atoms with van der Waals surface area (Å²) in [6.07, 6.45) is 1.46. The lowest BCUT2D eigenvalue weighted by atomic mass is 10.3. The second kappa shape index (κ2) is 7.45. The van der Waals surface area contributed by atoms with E-state index in [2.05, 4.69) is 15.3 Å². The van der Waals surface area contributed by atoms with Crippen LogP contribution in [0.5, 0.6) is 0 Å². The highest BCUT2D eigenvalue weighted by Gasteiger charge is 2.13. The zero-order valence-corrected chi connectivity index (χ0v) is 16.2. The van der Waals surface area contributed by atoms with E-state index in [0.717, 1.165) is 14.6 Å². The molecule has 0 atom stereocenters. The van der Waals surface area contributed by atoms with E-state index < -0.39 is 0 Å². The Morgan fingerprint density at radius 3 is 2.92 bits per heavy atom. The molecule has 0 aliphatic heterocycles. The second-order valence-corrected chi connectivity index (χ2v) is 8.30. The fourth-order valence-electron chi connectivity index (χ4n) is 1.88. The molecule has 9 heteroatoms. The minimum absolute atomic E-state index is 0.202. The first-order valence-electron chi connectivity index (χ1n) is 6.73. The van der Waals surface area contributed by atoms with Gasteiger partial charge in [0, 0.05) is 11.2 Å². The van der Waals surface area contributed by atoms with Crippen molar-refractivity contribution in [1.29, 1.82) is 0 Å². The van der Waals surface area contributed by atoms with E-state index in [-0.39, 0.29) is 11.7 Å². The lowest BCUT2D eigenvalue weighted by Gasteiger charge is -2.08. The third-order valence-electron chi connectivity index (χ3n) is 3.12. The van der Waals surface area contributed by atoms with Gasteiger partial charge in [0.25, 0.3) is 0 Å². The Balaban J connectivity index is 1.65. The molecule has 2 aromatic heterocycles. The highest BCUT2D eigenvalue weighted by molar-refractivity contribution is 8.01. The van der Waals surface area contributed by atoms with Gasteiger partial charge in [0.15, 0.2) is 10.2 Å². The van der Waals surface area contributed by atoms with Gasteiger partial charge in [-0.3, -0.25) is 4.79 Å². The third-order valence-corrected chi connectivity index (χ3v) is 6.37. The summed E-state index contributed by atoms with van der Waals surface area (Å²) in [6.45, 7) is 1.77. The number of nitrogens with one attached hydrogen (secondary N) is 1. The Bertz CT molecular complexity index is 930. The number of halogens is 3. The number of thioether (sulfide) groups is 1. The number of amides is 1. The van der Waals surface area contributed by atoms with E-state index >= 15 is 0 Å². The van der Waals surface area contributed by atoms with E-state index in [9.17, 15) is 4.79 Å². The van der Waals surface area contributed by atoms with Gasteiger partial charge < -0.3 is 5.32 Å². The molecule has 1 amide bonds. The third kappa shape index (κ3) is 3.95. The number of anilines is 1. The molecule has 1 N–H and O–H groups in total. The number of pyridine rings is 1. The highest BCUT2D eigenvalue weighted by atomic mass is 35.5. The standard InChI is InChI=1S/C15H10Cl3N3OS2/c1-7-9(17)5-19-14(13(7)18)21-12(22)6-23-15-20-10-4-8(16)2-3-11(10)24-15/h2-5H,6H2,1H3,(H,19,21,22). The molecule has 0 unspecified atom stereocenters. The van der Waals surface area contributed by atoms with Gasteiger partial charge in [0.2, 0.25) is 5.91 Å². The summed E-state index contributed by atoms with van der Waals surface area (Å²) in [5.74, 6) is 0.293. The zero-order valence-electron chi connectivity index (χ0n) is 12.3. The normalized spacial score (nSPS) is 11.0. The van der Waals surface area contributed by atoms with Gasteiger partial charge in [0.1, 0.15) is 0 Å². The van der Waals surface area contributed by atoms with Gasteiger partial charge in [-0.2, -0.15) is 0 Å². The molecule has 0 saturated carbocycles. The molecule has 1 aromatic carbocycles. The van der Waals surface area contributed by atoms with Crippen LogP contribution >= 0.6 is 57.9 Å². The van der Waals surface area contributed by atoms with Crippen molar-refractivity contribution < 1.29 is 4.79 Å². The number of thiazole rings is 1. The molecule has 0 spiro atoms. The second-order valence-electron chi connectivity index (χ2n) is 4.82. The lowest BCUT2D eigenvalue weighted by molar-refractivity contribution is -0.113. The van der Waals surface area contributed by atoms with Crippen LogP contribution in [0.3, 0.4) is 0 Å². The van der Waals surface area contributed by atoms with Crippen LogP contribution in [0, 0.1) is 6.92 Å². The van der Waals surface area contributed by atoms with Gasteiger partial charge in [-0.25, -0.2) is 9.97 Å². The van der Waals surface area contributed by atoms with Crippen molar-refractivity contribution in [2.45, 2.75) is 11.3 Å². The summed E-state index contributed by atoms with van der Waals surface area (Å²) in [5, 5.41) is 4.13. The number of hydrogen-bond donors (Lipinski definition) is 1. The Morgan fingerprint density at radius 1 is 1.33 bits per heavy atom. The van der Waals surface area contributed by atoms with Crippen molar-refractivity contribution in [2.24, 2.45) is 0 Å². The molecule has 0 aliphatic rings. The molecule has 4 nitrogen and oxygen atoms in total. The number of hydrogen-bond acceptors (Lipinski definition) is 5. The Morgan fingerprint density at radius 2 is 2.12 bits per heavy atom. The molecule has 0 radical (unpaired) electrons. The molecule has 2 heterocycles. The molecule has 0 aliphatic carbocycles. The van der Waals surface area contributed by atoms with Crippen LogP contribution in [-0.2, 0) is 4.79 Å². The first-order chi connectivity index (χ1) is 11.4. The zero-order chi connectivity index (χ0) is 17.3. The van der Waals surface area contributed by atoms with Crippen LogP contribution in [0.25, 0.3) is 10.2 Å². The highest BCUT2D eigenvalue weighted by Crippen LogP contribution is 2.32. The topological polar surface area (TPSA) is 54.9 Å². The number of aromatic nitrogens is 2. The number of carbonyl (C=O) groups is 1. The van der Waals surface area contributed by atoms with Gasteiger partial charge in [-0.05, 0) is 30.7 Å². The maximum atomic E-state index is 12.1. The van der Waals surface area contributed by atoms with Crippen molar-refractivity contribution in [3.8, 4) is 0 Å². The van der Waals surface area contributed by atoms with Gasteiger partial charge in [-0.1, -0.05) is 46.6 Å². The monoisotopic (exact) mass is 417 g/mol. The van der Waals surface area contributed by atoms with Crippen molar-refractivity contribution in [3.63, 3.8) is 0 Å². The maximum absolute atomic E-state index is 12.1. The quantitative estimate of drug-likeness (QED) is 0.553. The Labute approximate surface area is 161 Å². The smallest absolute Gasteiger partial charge is 0.236 e. The molecule has 3 rings (SSSR count). The maximum Gasteiger partial charge on any atom is 0.236 e. The Kier molecular flexibility index (Phi) is 5.52. The molecule has 3 aromatic rings. The first kappa shape index (κ1) is 17.8. The van der Waals surface area contributed by atoms with Crippen molar-refractivity contribution >= 4 is 79.8 Å².